The zero-order valence-electron chi connectivity index (χ0n) is 16.6. The summed E-state index contributed by atoms with van der Waals surface area (Å²) in [4.78, 5) is 20.6. The van der Waals surface area contributed by atoms with Crippen molar-refractivity contribution >= 4 is 45.4 Å². The highest BCUT2D eigenvalue weighted by atomic mass is 35.5. The fourth-order valence-corrected chi connectivity index (χ4v) is 3.91. The molecule has 1 aliphatic rings. The molecule has 2 atom stereocenters. The van der Waals surface area contributed by atoms with Crippen LogP contribution in [0.4, 0.5) is 14.6 Å². The number of aromatic amines is 1. The van der Waals surface area contributed by atoms with Gasteiger partial charge in [0.05, 0.1) is 40.7 Å². The quantitative estimate of drug-likeness (QED) is 0.476. The van der Waals surface area contributed by atoms with Crippen molar-refractivity contribution in [3.05, 3.63) is 47.3 Å². The van der Waals surface area contributed by atoms with Crippen LogP contribution in [0.25, 0.3) is 33.4 Å². The summed E-state index contributed by atoms with van der Waals surface area (Å²) in [6.45, 7) is 3.62. The summed E-state index contributed by atoms with van der Waals surface area (Å²) in [7, 11) is 0. The number of rotatable bonds is 4. The zero-order chi connectivity index (χ0) is 21.9. The van der Waals surface area contributed by atoms with Gasteiger partial charge in [-0.25, -0.2) is 13.8 Å². The lowest BCUT2D eigenvalue weighted by Crippen LogP contribution is -2.15. The number of allylic oxidation sites excluding steroid dienone is 2. The molecule has 2 unspecified atom stereocenters. The van der Waals surface area contributed by atoms with E-state index in [0.29, 0.717) is 33.4 Å². The van der Waals surface area contributed by atoms with Gasteiger partial charge in [0.2, 0.25) is 5.91 Å². The summed E-state index contributed by atoms with van der Waals surface area (Å²) in [6, 6.07) is 0. The van der Waals surface area contributed by atoms with E-state index in [9.17, 15) is 9.18 Å². The van der Waals surface area contributed by atoms with Crippen LogP contribution in [-0.4, -0.2) is 36.6 Å². The molecule has 4 aromatic rings. The highest BCUT2D eigenvalue weighted by Crippen LogP contribution is 2.40. The Labute approximate surface area is 180 Å². The SMILES string of the molecule is C/C=C(\C)c1c(F)c(Cl)c(-c2cn3cc(NC(=O)C4CC4F)nc3cn2)c2cn[nH]c12. The minimum absolute atomic E-state index is 0.0617. The van der Waals surface area contributed by atoms with E-state index >= 15 is 4.39 Å². The number of carbonyl (C=O) groups excluding carboxylic acids is 1. The van der Waals surface area contributed by atoms with Gasteiger partial charge in [-0.1, -0.05) is 17.7 Å². The van der Waals surface area contributed by atoms with Crippen molar-refractivity contribution < 1.29 is 13.6 Å². The van der Waals surface area contributed by atoms with Gasteiger partial charge in [0.1, 0.15) is 6.17 Å². The molecule has 1 fully saturated rings. The van der Waals surface area contributed by atoms with Gasteiger partial charge >= 0.3 is 0 Å². The van der Waals surface area contributed by atoms with Gasteiger partial charge in [0, 0.05) is 22.7 Å². The first-order chi connectivity index (χ1) is 14.9. The molecule has 158 valence electrons. The molecule has 0 radical (unpaired) electrons. The van der Waals surface area contributed by atoms with Crippen molar-refractivity contribution in [2.75, 3.05) is 5.32 Å². The largest absolute Gasteiger partial charge is 0.309 e. The van der Waals surface area contributed by atoms with Crippen LogP contribution in [0.5, 0.6) is 0 Å². The lowest BCUT2D eigenvalue weighted by atomic mass is 9.98. The number of amides is 1. The van der Waals surface area contributed by atoms with Crippen LogP contribution < -0.4 is 5.32 Å². The second kappa shape index (κ2) is 7.12. The molecule has 10 heteroatoms. The first kappa shape index (κ1) is 19.6. The second-order valence-corrected chi connectivity index (χ2v) is 7.90. The number of aromatic nitrogens is 5. The molecule has 2 N–H and O–H groups in total. The number of nitrogens with zero attached hydrogens (tertiary/aromatic N) is 4. The molecular weight excluding hydrogens is 426 g/mol. The van der Waals surface area contributed by atoms with E-state index in [2.05, 4.69) is 25.5 Å². The number of benzene rings is 1. The van der Waals surface area contributed by atoms with Crippen LogP contribution in [0.15, 0.2) is 30.9 Å². The summed E-state index contributed by atoms with van der Waals surface area (Å²) in [6.07, 6.45) is 7.24. The zero-order valence-corrected chi connectivity index (χ0v) is 17.3. The average Bonchev–Trinajstić information content (AvgIpc) is 3.12. The molecular formula is C21H17ClF2N6O. The van der Waals surface area contributed by atoms with Crippen molar-refractivity contribution in [1.29, 1.82) is 0 Å². The Morgan fingerprint density at radius 2 is 2.16 bits per heavy atom. The number of H-pyrrole nitrogens is 1. The minimum atomic E-state index is -1.09. The molecule has 3 aromatic heterocycles. The van der Waals surface area contributed by atoms with Gasteiger partial charge in [-0.2, -0.15) is 5.10 Å². The van der Waals surface area contributed by atoms with E-state index in [1.54, 1.807) is 36.0 Å². The van der Waals surface area contributed by atoms with Crippen LogP contribution in [0, 0.1) is 11.7 Å². The highest BCUT2D eigenvalue weighted by Gasteiger charge is 2.43. The van der Waals surface area contributed by atoms with E-state index in [1.165, 1.54) is 6.20 Å². The number of carbonyl (C=O) groups is 1. The fourth-order valence-electron chi connectivity index (χ4n) is 3.62. The van der Waals surface area contributed by atoms with E-state index in [1.807, 2.05) is 6.92 Å². The van der Waals surface area contributed by atoms with E-state index in [4.69, 9.17) is 11.6 Å². The summed E-state index contributed by atoms with van der Waals surface area (Å²) in [5.74, 6) is -1.29. The summed E-state index contributed by atoms with van der Waals surface area (Å²) < 4.78 is 30.0. The Kier molecular flexibility index (Phi) is 4.51. The lowest BCUT2D eigenvalue weighted by Gasteiger charge is -2.12. The van der Waals surface area contributed by atoms with Gasteiger partial charge in [-0.3, -0.25) is 14.9 Å². The van der Waals surface area contributed by atoms with Crippen molar-refractivity contribution in [2.24, 2.45) is 5.92 Å². The Bertz CT molecular complexity index is 1390. The van der Waals surface area contributed by atoms with Crippen LogP contribution in [0.2, 0.25) is 5.02 Å². The van der Waals surface area contributed by atoms with Gasteiger partial charge in [0.15, 0.2) is 17.3 Å². The van der Waals surface area contributed by atoms with E-state index in [-0.39, 0.29) is 17.3 Å². The molecule has 31 heavy (non-hydrogen) atoms. The van der Waals surface area contributed by atoms with Gasteiger partial charge in [0.25, 0.3) is 0 Å². The molecule has 5 rings (SSSR count). The van der Waals surface area contributed by atoms with Crippen LogP contribution in [0.3, 0.4) is 0 Å². The average molecular weight is 443 g/mol. The number of fused-ring (bicyclic) bond motifs is 2. The minimum Gasteiger partial charge on any atom is -0.309 e. The molecule has 1 amide bonds. The molecule has 1 aliphatic carbocycles. The van der Waals surface area contributed by atoms with Crippen molar-refractivity contribution in [3.8, 4) is 11.3 Å². The summed E-state index contributed by atoms with van der Waals surface area (Å²) in [5, 5.41) is 10.1. The van der Waals surface area contributed by atoms with Crippen LogP contribution >= 0.6 is 11.6 Å². The summed E-state index contributed by atoms with van der Waals surface area (Å²) >= 11 is 6.45. The third-order valence-corrected chi connectivity index (χ3v) is 5.87. The number of alkyl halides is 1. The number of imidazole rings is 1. The molecule has 0 spiro atoms. The lowest BCUT2D eigenvalue weighted by molar-refractivity contribution is -0.117. The standard InChI is InChI=1S/C21H17ClF2N6O/c1-3-9(2)16-19(24)18(22)17(11-5-26-29-20(11)16)13-7-30-8-14(27-15(30)6-25-13)28-21(31)10-4-12(10)23/h3,5-8,10,12H,4H2,1-2H3,(H,26,29)(H,28,31)/b9-3+. The first-order valence-electron chi connectivity index (χ1n) is 9.66. The maximum atomic E-state index is 15.2. The molecule has 3 heterocycles. The van der Waals surface area contributed by atoms with E-state index < -0.39 is 23.8 Å². The molecule has 7 nitrogen and oxygen atoms in total. The van der Waals surface area contributed by atoms with Gasteiger partial charge in [-0.15, -0.1) is 0 Å². The number of hydrogen-bond donors (Lipinski definition) is 2. The third-order valence-electron chi connectivity index (χ3n) is 5.52. The molecule has 0 bridgehead atoms. The maximum absolute atomic E-state index is 15.2. The Morgan fingerprint density at radius 1 is 1.39 bits per heavy atom. The number of hydrogen-bond acceptors (Lipinski definition) is 4. The van der Waals surface area contributed by atoms with Gasteiger partial charge < -0.3 is 9.72 Å². The number of nitrogens with one attached hydrogen (secondary N) is 2. The summed E-state index contributed by atoms with van der Waals surface area (Å²) in [5.41, 5.74) is 2.89. The Hall–Kier alpha value is -3.33. The smallest absolute Gasteiger partial charge is 0.231 e. The molecule has 1 aromatic carbocycles. The third kappa shape index (κ3) is 3.16. The predicted molar refractivity (Wildman–Crippen MR) is 114 cm³/mol. The first-order valence-corrected chi connectivity index (χ1v) is 10.0. The fraction of sp³-hybridized carbons (Fsp3) is 0.238. The van der Waals surface area contributed by atoms with Crippen molar-refractivity contribution in [3.63, 3.8) is 0 Å². The van der Waals surface area contributed by atoms with Crippen molar-refractivity contribution in [2.45, 2.75) is 26.4 Å². The molecule has 0 aliphatic heterocycles. The number of halogens is 3. The monoisotopic (exact) mass is 442 g/mol. The Balaban J connectivity index is 1.60. The van der Waals surface area contributed by atoms with Crippen LogP contribution in [-0.2, 0) is 4.79 Å². The molecule has 1 saturated carbocycles. The topological polar surface area (TPSA) is 88.0 Å². The normalized spacial score (nSPS) is 18.7. The van der Waals surface area contributed by atoms with E-state index in [0.717, 1.165) is 5.57 Å². The Morgan fingerprint density at radius 3 is 2.87 bits per heavy atom. The van der Waals surface area contributed by atoms with Gasteiger partial charge in [-0.05, 0) is 25.8 Å². The maximum Gasteiger partial charge on any atom is 0.231 e. The van der Waals surface area contributed by atoms with Crippen molar-refractivity contribution in [1.82, 2.24) is 24.6 Å². The molecule has 0 saturated heterocycles. The highest BCUT2D eigenvalue weighted by molar-refractivity contribution is 6.35. The van der Waals surface area contributed by atoms with Crippen LogP contribution in [0.1, 0.15) is 25.8 Å². The predicted octanol–water partition coefficient (Wildman–Crippen LogP) is 4.78. The number of anilines is 1. The second-order valence-electron chi connectivity index (χ2n) is 7.52.